The van der Waals surface area contributed by atoms with Gasteiger partial charge in [-0.05, 0) is 53.4 Å². The Morgan fingerprint density at radius 1 is 1.39 bits per heavy atom. The number of halogens is 2. The summed E-state index contributed by atoms with van der Waals surface area (Å²) in [6.45, 7) is 0.770. The van der Waals surface area contributed by atoms with E-state index < -0.39 is 0 Å². The molecule has 1 aliphatic heterocycles. The summed E-state index contributed by atoms with van der Waals surface area (Å²) in [5, 5.41) is 9.36. The van der Waals surface area contributed by atoms with Crippen LogP contribution >= 0.6 is 31.9 Å². The van der Waals surface area contributed by atoms with Crippen molar-refractivity contribution in [1.29, 1.82) is 0 Å². The highest BCUT2D eigenvalue weighted by atomic mass is 79.9. The minimum atomic E-state index is -0.0400. The number of aliphatic hydroxyl groups is 1. The van der Waals surface area contributed by atoms with Crippen LogP contribution in [0.25, 0.3) is 0 Å². The van der Waals surface area contributed by atoms with Crippen molar-refractivity contribution in [3.63, 3.8) is 0 Å². The van der Waals surface area contributed by atoms with Crippen molar-refractivity contribution in [3.8, 4) is 0 Å². The van der Waals surface area contributed by atoms with Crippen LogP contribution in [0.1, 0.15) is 29.6 Å². The molecular formula is C13H15Br2NO2. The highest BCUT2D eigenvalue weighted by molar-refractivity contribution is 9.11. The highest BCUT2D eigenvalue weighted by Crippen LogP contribution is 2.26. The minimum absolute atomic E-state index is 0.00637. The van der Waals surface area contributed by atoms with Crippen molar-refractivity contribution >= 4 is 37.8 Å². The average Bonchev–Trinajstić information content (AvgIpc) is 2.38. The third kappa shape index (κ3) is 2.95. The first-order chi connectivity index (χ1) is 8.63. The number of carbonyl (C=O) groups excluding carboxylic acids is 1. The zero-order valence-corrected chi connectivity index (χ0v) is 13.1. The van der Waals surface area contributed by atoms with E-state index in [-0.39, 0.29) is 18.6 Å². The summed E-state index contributed by atoms with van der Waals surface area (Å²) in [5.41, 5.74) is 0.651. The van der Waals surface area contributed by atoms with Gasteiger partial charge in [-0.2, -0.15) is 0 Å². The Kier molecular flexibility index (Phi) is 4.81. The SMILES string of the molecule is O=C(c1ccc(Br)cc1Br)N1CCCCC1CO. The van der Waals surface area contributed by atoms with Crippen molar-refractivity contribution in [2.45, 2.75) is 25.3 Å². The number of nitrogens with zero attached hydrogens (tertiary/aromatic N) is 1. The fourth-order valence-corrected chi connectivity index (χ4v) is 3.49. The molecule has 0 aliphatic carbocycles. The molecule has 2 rings (SSSR count). The topological polar surface area (TPSA) is 40.5 Å². The van der Waals surface area contributed by atoms with Gasteiger partial charge < -0.3 is 10.0 Å². The van der Waals surface area contributed by atoms with E-state index in [1.54, 1.807) is 11.0 Å². The van der Waals surface area contributed by atoms with E-state index in [2.05, 4.69) is 31.9 Å². The van der Waals surface area contributed by atoms with Gasteiger partial charge in [-0.15, -0.1) is 0 Å². The standard InChI is InChI=1S/C13H15Br2NO2/c14-9-4-5-11(12(15)7-9)13(18)16-6-2-1-3-10(16)8-17/h4-5,7,10,17H,1-3,6,8H2. The zero-order chi connectivity index (χ0) is 13.1. The van der Waals surface area contributed by atoms with Crippen LogP contribution in [0.3, 0.4) is 0 Å². The molecule has 0 radical (unpaired) electrons. The van der Waals surface area contributed by atoms with Gasteiger partial charge in [0.2, 0.25) is 0 Å². The number of piperidine rings is 1. The summed E-state index contributed by atoms with van der Waals surface area (Å²) >= 11 is 6.79. The second-order valence-corrected chi connectivity index (χ2v) is 6.22. The van der Waals surface area contributed by atoms with E-state index in [9.17, 15) is 9.90 Å². The molecule has 1 N–H and O–H groups in total. The summed E-state index contributed by atoms with van der Waals surface area (Å²) < 4.78 is 1.72. The van der Waals surface area contributed by atoms with Crippen molar-refractivity contribution in [2.24, 2.45) is 0 Å². The summed E-state index contributed by atoms with van der Waals surface area (Å²) in [6.07, 6.45) is 2.98. The molecule has 1 heterocycles. The normalized spacial score (nSPS) is 19.9. The number of hydrogen-bond donors (Lipinski definition) is 1. The van der Waals surface area contributed by atoms with Crippen molar-refractivity contribution in [1.82, 2.24) is 4.90 Å². The van der Waals surface area contributed by atoms with Crippen LogP contribution in [0.2, 0.25) is 0 Å². The predicted molar refractivity (Wildman–Crippen MR) is 77.6 cm³/mol. The molecule has 1 saturated heterocycles. The summed E-state index contributed by atoms with van der Waals surface area (Å²) in [7, 11) is 0. The van der Waals surface area contributed by atoms with Crippen molar-refractivity contribution < 1.29 is 9.90 Å². The van der Waals surface area contributed by atoms with Gasteiger partial charge in [0.15, 0.2) is 0 Å². The van der Waals surface area contributed by atoms with Crippen LogP contribution in [0.15, 0.2) is 27.1 Å². The first-order valence-corrected chi connectivity index (χ1v) is 7.59. The quantitative estimate of drug-likeness (QED) is 0.860. The number of benzene rings is 1. The molecule has 1 amide bonds. The largest absolute Gasteiger partial charge is 0.394 e. The monoisotopic (exact) mass is 375 g/mol. The fourth-order valence-electron chi connectivity index (χ4n) is 2.28. The molecule has 0 spiro atoms. The van der Waals surface area contributed by atoms with Crippen LogP contribution in [0.4, 0.5) is 0 Å². The van der Waals surface area contributed by atoms with Gasteiger partial charge in [-0.3, -0.25) is 4.79 Å². The Labute approximate surface area is 123 Å². The molecule has 5 heteroatoms. The van der Waals surface area contributed by atoms with Gasteiger partial charge in [-0.25, -0.2) is 0 Å². The van der Waals surface area contributed by atoms with Crippen LogP contribution < -0.4 is 0 Å². The van der Waals surface area contributed by atoms with E-state index in [1.807, 2.05) is 12.1 Å². The van der Waals surface area contributed by atoms with E-state index in [0.29, 0.717) is 5.56 Å². The van der Waals surface area contributed by atoms with Crippen molar-refractivity contribution in [3.05, 3.63) is 32.7 Å². The van der Waals surface area contributed by atoms with Crippen LogP contribution in [-0.4, -0.2) is 35.1 Å². The Morgan fingerprint density at radius 3 is 2.83 bits per heavy atom. The maximum atomic E-state index is 12.5. The zero-order valence-electron chi connectivity index (χ0n) is 9.90. The lowest BCUT2D eigenvalue weighted by Gasteiger charge is -2.34. The van der Waals surface area contributed by atoms with E-state index in [0.717, 1.165) is 34.8 Å². The molecule has 0 aromatic heterocycles. The molecule has 18 heavy (non-hydrogen) atoms. The number of likely N-dealkylation sites (tertiary alicyclic amines) is 1. The Morgan fingerprint density at radius 2 is 2.17 bits per heavy atom. The fraction of sp³-hybridized carbons (Fsp3) is 0.462. The maximum absolute atomic E-state index is 12.5. The third-order valence-corrected chi connectivity index (χ3v) is 4.41. The molecule has 98 valence electrons. The third-order valence-electron chi connectivity index (χ3n) is 3.26. The molecule has 1 fully saturated rings. The molecule has 0 bridgehead atoms. The molecular weight excluding hydrogens is 362 g/mol. The highest BCUT2D eigenvalue weighted by Gasteiger charge is 2.27. The van der Waals surface area contributed by atoms with Gasteiger partial charge >= 0.3 is 0 Å². The first-order valence-electron chi connectivity index (χ1n) is 6.00. The number of rotatable bonds is 2. The molecule has 1 aromatic rings. The Hall–Kier alpha value is -0.390. The van der Waals surface area contributed by atoms with E-state index in [4.69, 9.17) is 0 Å². The van der Waals surface area contributed by atoms with E-state index >= 15 is 0 Å². The number of aliphatic hydroxyl groups excluding tert-OH is 1. The molecule has 1 unspecified atom stereocenters. The second-order valence-electron chi connectivity index (χ2n) is 4.45. The Balaban J connectivity index is 2.24. The lowest BCUT2D eigenvalue weighted by molar-refractivity contribution is 0.0502. The predicted octanol–water partition coefficient (Wildman–Crippen LogP) is 3.20. The number of hydrogen-bond acceptors (Lipinski definition) is 2. The lowest BCUT2D eigenvalue weighted by atomic mass is 10.0. The average molecular weight is 377 g/mol. The van der Waals surface area contributed by atoms with Gasteiger partial charge in [-0.1, -0.05) is 15.9 Å². The lowest BCUT2D eigenvalue weighted by Crippen LogP contribution is -2.45. The maximum Gasteiger partial charge on any atom is 0.255 e. The molecule has 1 aliphatic rings. The van der Waals surface area contributed by atoms with Gasteiger partial charge in [0.05, 0.1) is 18.2 Å². The molecule has 3 nitrogen and oxygen atoms in total. The molecule has 1 aromatic carbocycles. The van der Waals surface area contributed by atoms with Crippen LogP contribution in [0.5, 0.6) is 0 Å². The number of amides is 1. The second kappa shape index (κ2) is 6.17. The van der Waals surface area contributed by atoms with Gasteiger partial charge in [0.25, 0.3) is 5.91 Å². The summed E-state index contributed by atoms with van der Waals surface area (Å²) in [6, 6.07) is 5.49. The van der Waals surface area contributed by atoms with Crippen molar-refractivity contribution in [2.75, 3.05) is 13.2 Å². The molecule has 1 atom stereocenters. The van der Waals surface area contributed by atoms with Crippen LogP contribution in [0, 0.1) is 0 Å². The molecule has 0 saturated carbocycles. The summed E-state index contributed by atoms with van der Waals surface area (Å²) in [4.78, 5) is 14.3. The minimum Gasteiger partial charge on any atom is -0.394 e. The van der Waals surface area contributed by atoms with Gasteiger partial charge in [0.1, 0.15) is 0 Å². The smallest absolute Gasteiger partial charge is 0.255 e. The Bertz CT molecular complexity index is 451. The van der Waals surface area contributed by atoms with Gasteiger partial charge in [0, 0.05) is 15.5 Å². The van der Waals surface area contributed by atoms with Crippen LogP contribution in [-0.2, 0) is 0 Å². The first kappa shape index (κ1) is 14.0. The van der Waals surface area contributed by atoms with E-state index in [1.165, 1.54) is 0 Å². The summed E-state index contributed by atoms with van der Waals surface area (Å²) in [5.74, 6) is -0.00637. The number of carbonyl (C=O) groups is 1.